The molecule has 1 heterocycles. The van der Waals surface area contributed by atoms with Crippen LogP contribution in [0, 0.1) is 5.92 Å². The van der Waals surface area contributed by atoms with Crippen molar-refractivity contribution in [2.45, 2.75) is 45.3 Å². The van der Waals surface area contributed by atoms with E-state index in [0.29, 0.717) is 12.6 Å². The number of carbonyl (C=O) groups is 1. The van der Waals surface area contributed by atoms with E-state index >= 15 is 0 Å². The molecule has 0 aromatic carbocycles. The molecule has 0 aromatic rings. The minimum absolute atomic E-state index is 0.263. The fourth-order valence-corrected chi connectivity index (χ4v) is 2.37. The highest BCUT2D eigenvalue weighted by molar-refractivity contribution is 5.81. The fraction of sp³-hybridized carbons (Fsp3) is 0.900. The molecule has 1 N–H and O–H groups in total. The molecule has 2 aliphatic rings. The van der Waals surface area contributed by atoms with Crippen molar-refractivity contribution in [1.82, 2.24) is 10.2 Å². The summed E-state index contributed by atoms with van der Waals surface area (Å²) in [6, 6.07) is 0.553. The van der Waals surface area contributed by atoms with Gasteiger partial charge in [0.2, 0.25) is 5.91 Å². The summed E-state index contributed by atoms with van der Waals surface area (Å²) in [7, 11) is 0. The summed E-state index contributed by atoms with van der Waals surface area (Å²) in [4.78, 5) is 13.5. The SMILES string of the molecule is CCCC1CC1N1C(=O)CNC1C. The molecule has 2 fully saturated rings. The zero-order valence-electron chi connectivity index (χ0n) is 8.42. The Morgan fingerprint density at radius 1 is 1.62 bits per heavy atom. The van der Waals surface area contributed by atoms with E-state index < -0.39 is 0 Å². The third-order valence-electron chi connectivity index (χ3n) is 3.16. The molecule has 2 rings (SSSR count). The van der Waals surface area contributed by atoms with Gasteiger partial charge in [-0.05, 0) is 25.7 Å². The number of carbonyl (C=O) groups excluding carboxylic acids is 1. The smallest absolute Gasteiger partial charge is 0.238 e. The second-order valence-corrected chi connectivity index (χ2v) is 4.21. The Labute approximate surface area is 79.5 Å². The van der Waals surface area contributed by atoms with Gasteiger partial charge in [0.1, 0.15) is 0 Å². The van der Waals surface area contributed by atoms with Gasteiger partial charge in [-0.3, -0.25) is 10.1 Å². The molecule has 1 saturated heterocycles. The zero-order chi connectivity index (χ0) is 9.42. The molecule has 0 bridgehead atoms. The maximum atomic E-state index is 11.5. The summed E-state index contributed by atoms with van der Waals surface area (Å²) in [5, 5.41) is 3.18. The molecular formula is C10H18N2O. The van der Waals surface area contributed by atoms with Crippen molar-refractivity contribution in [2.75, 3.05) is 6.54 Å². The van der Waals surface area contributed by atoms with Gasteiger partial charge in [0.25, 0.3) is 0 Å². The topological polar surface area (TPSA) is 32.3 Å². The highest BCUT2D eigenvalue weighted by Crippen LogP contribution is 2.40. The molecule has 3 atom stereocenters. The lowest BCUT2D eigenvalue weighted by atomic mass is 10.2. The van der Waals surface area contributed by atoms with Crippen molar-refractivity contribution in [1.29, 1.82) is 0 Å². The minimum Gasteiger partial charge on any atom is -0.323 e. The predicted molar refractivity (Wildman–Crippen MR) is 51.1 cm³/mol. The van der Waals surface area contributed by atoms with Gasteiger partial charge < -0.3 is 4.90 Å². The average molecular weight is 182 g/mol. The number of hydrogen-bond donors (Lipinski definition) is 1. The van der Waals surface area contributed by atoms with Gasteiger partial charge in [-0.15, -0.1) is 0 Å². The third kappa shape index (κ3) is 1.57. The Kier molecular flexibility index (Phi) is 2.28. The monoisotopic (exact) mass is 182 g/mol. The molecule has 3 nitrogen and oxygen atoms in total. The van der Waals surface area contributed by atoms with E-state index in [1.54, 1.807) is 0 Å². The van der Waals surface area contributed by atoms with Crippen LogP contribution in [0.3, 0.4) is 0 Å². The Hall–Kier alpha value is -0.570. The van der Waals surface area contributed by atoms with E-state index in [9.17, 15) is 4.79 Å². The molecule has 3 heteroatoms. The van der Waals surface area contributed by atoms with Crippen LogP contribution in [0.5, 0.6) is 0 Å². The minimum atomic E-state index is 0.263. The second kappa shape index (κ2) is 3.29. The van der Waals surface area contributed by atoms with E-state index in [1.807, 2.05) is 4.90 Å². The van der Waals surface area contributed by atoms with Crippen LogP contribution < -0.4 is 5.32 Å². The molecule has 0 radical (unpaired) electrons. The molecule has 1 saturated carbocycles. The van der Waals surface area contributed by atoms with Crippen LogP contribution in [-0.2, 0) is 4.79 Å². The largest absolute Gasteiger partial charge is 0.323 e. The average Bonchev–Trinajstić information content (AvgIpc) is 2.74. The van der Waals surface area contributed by atoms with E-state index in [4.69, 9.17) is 0 Å². The summed E-state index contributed by atoms with van der Waals surface area (Å²) in [6.45, 7) is 4.82. The van der Waals surface area contributed by atoms with Crippen molar-refractivity contribution in [2.24, 2.45) is 5.92 Å². The first kappa shape index (κ1) is 9.00. The van der Waals surface area contributed by atoms with Crippen molar-refractivity contribution >= 4 is 5.91 Å². The number of amides is 1. The quantitative estimate of drug-likeness (QED) is 0.705. The molecule has 74 valence electrons. The van der Waals surface area contributed by atoms with E-state index in [-0.39, 0.29) is 12.1 Å². The first-order valence-corrected chi connectivity index (χ1v) is 5.28. The number of rotatable bonds is 3. The molecule has 1 amide bonds. The van der Waals surface area contributed by atoms with Crippen LogP contribution in [0.1, 0.15) is 33.1 Å². The Morgan fingerprint density at radius 2 is 2.38 bits per heavy atom. The summed E-state index contributed by atoms with van der Waals surface area (Å²) < 4.78 is 0. The van der Waals surface area contributed by atoms with Crippen LogP contribution in [-0.4, -0.2) is 29.6 Å². The van der Waals surface area contributed by atoms with Gasteiger partial charge >= 0.3 is 0 Å². The first-order chi connectivity index (χ1) is 6.24. The lowest BCUT2D eigenvalue weighted by molar-refractivity contribution is -0.128. The lowest BCUT2D eigenvalue weighted by Gasteiger charge is -2.21. The van der Waals surface area contributed by atoms with Gasteiger partial charge in [0.05, 0.1) is 12.7 Å². The number of nitrogens with zero attached hydrogens (tertiary/aromatic N) is 1. The van der Waals surface area contributed by atoms with Crippen LogP contribution in [0.25, 0.3) is 0 Å². The maximum absolute atomic E-state index is 11.5. The summed E-state index contributed by atoms with van der Waals surface area (Å²) in [6.07, 6.45) is 4.01. The van der Waals surface area contributed by atoms with Gasteiger partial charge in [0, 0.05) is 6.04 Å². The highest BCUT2D eigenvalue weighted by Gasteiger charge is 2.46. The third-order valence-corrected chi connectivity index (χ3v) is 3.16. The fourth-order valence-electron chi connectivity index (χ4n) is 2.37. The van der Waals surface area contributed by atoms with Crippen molar-refractivity contribution < 1.29 is 4.79 Å². The molecule has 13 heavy (non-hydrogen) atoms. The van der Waals surface area contributed by atoms with E-state index in [1.165, 1.54) is 19.3 Å². The molecular weight excluding hydrogens is 164 g/mol. The van der Waals surface area contributed by atoms with Crippen molar-refractivity contribution in [3.8, 4) is 0 Å². The molecule has 3 unspecified atom stereocenters. The van der Waals surface area contributed by atoms with E-state index in [2.05, 4.69) is 19.2 Å². The van der Waals surface area contributed by atoms with Crippen molar-refractivity contribution in [3.05, 3.63) is 0 Å². The van der Waals surface area contributed by atoms with Crippen LogP contribution >= 0.6 is 0 Å². The number of nitrogens with one attached hydrogen (secondary N) is 1. The van der Waals surface area contributed by atoms with Crippen LogP contribution in [0.15, 0.2) is 0 Å². The molecule has 1 aliphatic heterocycles. The zero-order valence-corrected chi connectivity index (χ0v) is 8.42. The van der Waals surface area contributed by atoms with Gasteiger partial charge in [0.15, 0.2) is 0 Å². The summed E-state index contributed by atoms with van der Waals surface area (Å²) >= 11 is 0. The molecule has 1 aliphatic carbocycles. The number of hydrogen-bond acceptors (Lipinski definition) is 2. The van der Waals surface area contributed by atoms with Gasteiger partial charge in [-0.1, -0.05) is 13.3 Å². The molecule has 0 aromatic heterocycles. The maximum Gasteiger partial charge on any atom is 0.238 e. The Balaban J connectivity index is 1.91. The van der Waals surface area contributed by atoms with Crippen LogP contribution in [0.4, 0.5) is 0 Å². The van der Waals surface area contributed by atoms with Crippen molar-refractivity contribution in [3.63, 3.8) is 0 Å². The standard InChI is InChI=1S/C10H18N2O/c1-3-4-8-5-9(8)12-7(2)11-6-10(12)13/h7-9,11H,3-6H2,1-2H3. The van der Waals surface area contributed by atoms with Gasteiger partial charge in [-0.2, -0.15) is 0 Å². The first-order valence-electron chi connectivity index (χ1n) is 5.28. The summed E-state index contributed by atoms with van der Waals surface area (Å²) in [5.74, 6) is 1.08. The highest BCUT2D eigenvalue weighted by atomic mass is 16.2. The van der Waals surface area contributed by atoms with Gasteiger partial charge in [-0.25, -0.2) is 0 Å². The summed E-state index contributed by atoms with van der Waals surface area (Å²) in [5.41, 5.74) is 0. The lowest BCUT2D eigenvalue weighted by Crippen LogP contribution is -2.37. The normalized spacial score (nSPS) is 38.5. The predicted octanol–water partition coefficient (Wildman–Crippen LogP) is 0.953. The Bertz CT molecular complexity index is 217. The molecule has 0 spiro atoms. The second-order valence-electron chi connectivity index (χ2n) is 4.21. The van der Waals surface area contributed by atoms with Crippen LogP contribution in [0.2, 0.25) is 0 Å². The van der Waals surface area contributed by atoms with E-state index in [0.717, 1.165) is 5.92 Å². The Morgan fingerprint density at radius 3 is 2.92 bits per heavy atom.